The van der Waals surface area contributed by atoms with Crippen molar-refractivity contribution in [3.8, 4) is 10.7 Å². The van der Waals surface area contributed by atoms with Gasteiger partial charge in [0.25, 0.3) is 0 Å². The zero-order valence-corrected chi connectivity index (χ0v) is 28.1. The number of aromatic nitrogens is 5. The first-order chi connectivity index (χ1) is 21.3. The quantitative estimate of drug-likeness (QED) is 0.0862. The maximum atomic E-state index is 12.8. The van der Waals surface area contributed by atoms with Crippen molar-refractivity contribution in [3.05, 3.63) is 75.1 Å². The van der Waals surface area contributed by atoms with Crippen LogP contribution in [0.3, 0.4) is 0 Å². The van der Waals surface area contributed by atoms with Gasteiger partial charge in [-0.1, -0.05) is 58.9 Å². The molecule has 1 aliphatic rings. The molecule has 5 atom stereocenters. The van der Waals surface area contributed by atoms with Gasteiger partial charge in [-0.3, -0.25) is 0 Å². The van der Waals surface area contributed by atoms with E-state index >= 15 is 0 Å². The van der Waals surface area contributed by atoms with E-state index in [9.17, 15) is 4.79 Å². The summed E-state index contributed by atoms with van der Waals surface area (Å²) in [6.45, 7) is 6.81. The Labute approximate surface area is 276 Å². The monoisotopic (exact) mass is 723 g/mol. The van der Waals surface area contributed by atoms with Gasteiger partial charge in [0.1, 0.15) is 33.5 Å². The third kappa shape index (κ3) is 8.43. The van der Waals surface area contributed by atoms with Gasteiger partial charge in [0.05, 0.1) is 32.1 Å². The largest absolute Gasteiger partial charge is 0.461 e. The number of rotatable bonds is 13. The molecular formula is C29H31BrClN5O6S2. The minimum Gasteiger partial charge on any atom is -0.461 e. The third-order valence-corrected chi connectivity index (χ3v) is 9.30. The van der Waals surface area contributed by atoms with E-state index in [1.807, 2.05) is 50.2 Å². The van der Waals surface area contributed by atoms with Crippen LogP contribution < -0.4 is 0 Å². The molecule has 1 aromatic carbocycles. The van der Waals surface area contributed by atoms with Crippen LogP contribution >= 0.6 is 50.6 Å². The molecule has 0 N–H and O–H groups in total. The lowest BCUT2D eigenvalue weighted by atomic mass is 10.1. The van der Waals surface area contributed by atoms with Crippen LogP contribution in [-0.2, 0) is 30.2 Å². The lowest BCUT2D eigenvalue weighted by molar-refractivity contribution is -0.267. The van der Waals surface area contributed by atoms with E-state index in [0.717, 1.165) is 5.56 Å². The first kappa shape index (κ1) is 32.9. The summed E-state index contributed by atoms with van der Waals surface area (Å²) in [5.74, 6) is -0.527. The molecule has 1 saturated heterocycles. The molecule has 1 fully saturated rings. The van der Waals surface area contributed by atoms with Crippen molar-refractivity contribution >= 4 is 56.6 Å². The van der Waals surface area contributed by atoms with Crippen molar-refractivity contribution in [1.82, 2.24) is 25.0 Å². The average molecular weight is 725 g/mol. The fraction of sp³-hybridized carbons (Fsp3) is 0.414. The summed E-state index contributed by atoms with van der Waals surface area (Å²) in [4.78, 5) is 22.0. The fourth-order valence-corrected chi connectivity index (χ4v) is 6.99. The highest BCUT2D eigenvalue weighted by Crippen LogP contribution is 2.36. The van der Waals surface area contributed by atoms with E-state index in [-0.39, 0.29) is 25.0 Å². The van der Waals surface area contributed by atoms with Crippen molar-refractivity contribution in [2.45, 2.75) is 62.2 Å². The van der Waals surface area contributed by atoms with E-state index in [4.69, 9.17) is 35.3 Å². The Bertz CT molecular complexity index is 1530. The molecule has 0 radical (unpaired) electrons. The maximum Gasteiger partial charge on any atom is 0.358 e. The van der Waals surface area contributed by atoms with Gasteiger partial charge in [0.15, 0.2) is 12.0 Å². The second-order valence-corrected chi connectivity index (χ2v) is 12.9. The second-order valence-electron chi connectivity index (χ2n) is 9.59. The molecule has 3 unspecified atom stereocenters. The van der Waals surface area contributed by atoms with Crippen LogP contribution in [0.25, 0.3) is 10.7 Å². The molecule has 15 heteroatoms. The summed E-state index contributed by atoms with van der Waals surface area (Å²) < 4.78 is 32.9. The third-order valence-electron chi connectivity index (χ3n) is 6.47. The molecule has 4 heterocycles. The van der Waals surface area contributed by atoms with E-state index in [2.05, 4.69) is 36.2 Å². The molecule has 1 aliphatic heterocycles. The minimum absolute atomic E-state index is 0.181. The number of hydrogen-bond acceptors (Lipinski definition) is 12. The molecule has 0 aliphatic carbocycles. The lowest BCUT2D eigenvalue weighted by Crippen LogP contribution is -2.45. The molecule has 3 aromatic heterocycles. The molecule has 234 valence electrons. The fourth-order valence-electron chi connectivity index (χ4n) is 4.40. The van der Waals surface area contributed by atoms with Gasteiger partial charge in [-0.2, -0.15) is 0 Å². The molecule has 0 bridgehead atoms. The first-order valence-corrected chi connectivity index (χ1v) is 16.9. The molecule has 0 amide bonds. The van der Waals surface area contributed by atoms with Crippen LogP contribution in [0.15, 0.2) is 63.5 Å². The SMILES string of the molecule is CCOC(=O)c1ncc(Br)cc1SC(OC1COC(c2ccccc2)O[C@@H]1C)[C@H](Cn1cc(-c2nc(Cl)cs2)nn1)OCC. The molecular weight excluding hydrogens is 694 g/mol. The number of pyridine rings is 1. The Kier molecular flexibility index (Phi) is 11.8. The van der Waals surface area contributed by atoms with Crippen molar-refractivity contribution < 1.29 is 28.5 Å². The number of halogens is 2. The highest BCUT2D eigenvalue weighted by atomic mass is 79.9. The number of esters is 1. The number of thiazole rings is 1. The summed E-state index contributed by atoms with van der Waals surface area (Å²) in [7, 11) is 0. The van der Waals surface area contributed by atoms with Crippen molar-refractivity contribution in [1.29, 1.82) is 0 Å². The lowest BCUT2D eigenvalue weighted by Gasteiger charge is -2.38. The summed E-state index contributed by atoms with van der Waals surface area (Å²) >= 11 is 12.2. The van der Waals surface area contributed by atoms with Gasteiger partial charge in [-0.25, -0.2) is 19.4 Å². The zero-order chi connectivity index (χ0) is 31.1. The van der Waals surface area contributed by atoms with Crippen molar-refractivity contribution in [2.75, 3.05) is 19.8 Å². The van der Waals surface area contributed by atoms with Crippen LogP contribution in [0.1, 0.15) is 43.1 Å². The summed E-state index contributed by atoms with van der Waals surface area (Å²) in [5.41, 5.74) is 1.06. The van der Waals surface area contributed by atoms with Crippen LogP contribution in [0, 0.1) is 0 Å². The summed E-state index contributed by atoms with van der Waals surface area (Å²) in [6, 6.07) is 11.6. The standard InChI is InChI=1S/C29H31BrClN5O6S2/c1-4-38-21(14-36-13-20(34-35-36)26-33-24(31)16-43-26)29(44-23-11-19(30)12-32-25(23)27(37)39-5-2)42-22-15-40-28(41-17(22)3)18-9-7-6-8-10-18/h6-13,16-17,21-22,28-29H,4-5,14-15H2,1-3H3/t17-,21+,22?,28?,29?/m1/s1. The van der Waals surface area contributed by atoms with Gasteiger partial charge in [0, 0.05) is 33.1 Å². The molecule has 11 nitrogen and oxygen atoms in total. The minimum atomic E-state index is -0.644. The summed E-state index contributed by atoms with van der Waals surface area (Å²) in [6.07, 6.45) is 1.56. The van der Waals surface area contributed by atoms with Gasteiger partial charge in [-0.15, -0.1) is 16.4 Å². The molecule has 5 rings (SSSR count). The normalized spacial score (nSPS) is 19.9. The number of benzene rings is 1. The summed E-state index contributed by atoms with van der Waals surface area (Å²) in [5, 5.41) is 11.4. The Balaban J connectivity index is 1.41. The number of hydrogen-bond donors (Lipinski definition) is 0. The Morgan fingerprint density at radius 1 is 1.27 bits per heavy atom. The van der Waals surface area contributed by atoms with Gasteiger partial charge >= 0.3 is 5.97 Å². The van der Waals surface area contributed by atoms with Crippen LogP contribution in [-0.4, -0.2) is 74.5 Å². The van der Waals surface area contributed by atoms with Gasteiger partial charge < -0.3 is 23.7 Å². The Hall–Kier alpha value is -2.43. The van der Waals surface area contributed by atoms with Crippen molar-refractivity contribution in [2.24, 2.45) is 0 Å². The van der Waals surface area contributed by atoms with Crippen LogP contribution in [0.5, 0.6) is 0 Å². The number of thioether (sulfide) groups is 1. The topological polar surface area (TPSA) is 120 Å². The number of ether oxygens (including phenoxy) is 5. The van der Waals surface area contributed by atoms with E-state index in [1.165, 1.54) is 23.1 Å². The highest BCUT2D eigenvalue weighted by Gasteiger charge is 2.36. The molecule has 0 spiro atoms. The van der Waals surface area contributed by atoms with Gasteiger partial charge in [0.2, 0.25) is 0 Å². The molecule has 0 saturated carbocycles. The predicted octanol–water partition coefficient (Wildman–Crippen LogP) is 6.43. The Morgan fingerprint density at radius 3 is 2.80 bits per heavy atom. The van der Waals surface area contributed by atoms with Gasteiger partial charge in [-0.05, 0) is 42.8 Å². The first-order valence-electron chi connectivity index (χ1n) is 13.9. The molecule has 4 aromatic rings. The maximum absolute atomic E-state index is 12.8. The number of carbonyl (C=O) groups excluding carboxylic acids is 1. The number of nitrogens with zero attached hydrogens (tertiary/aromatic N) is 5. The van der Waals surface area contributed by atoms with Crippen LogP contribution in [0.2, 0.25) is 5.15 Å². The number of carbonyl (C=O) groups is 1. The smallest absolute Gasteiger partial charge is 0.358 e. The van der Waals surface area contributed by atoms with Crippen molar-refractivity contribution in [3.63, 3.8) is 0 Å². The van der Waals surface area contributed by atoms with Crippen LogP contribution in [0.4, 0.5) is 0 Å². The molecule has 44 heavy (non-hydrogen) atoms. The zero-order valence-electron chi connectivity index (χ0n) is 24.2. The van der Waals surface area contributed by atoms with E-state index in [0.29, 0.717) is 38.4 Å². The van der Waals surface area contributed by atoms with E-state index < -0.39 is 29.9 Å². The average Bonchev–Trinajstić information content (AvgIpc) is 3.67. The highest BCUT2D eigenvalue weighted by molar-refractivity contribution is 9.10. The van der Waals surface area contributed by atoms with E-state index in [1.54, 1.807) is 29.4 Å². The Morgan fingerprint density at radius 2 is 2.09 bits per heavy atom. The second kappa shape index (κ2) is 15.7. The predicted molar refractivity (Wildman–Crippen MR) is 170 cm³/mol.